The molecule has 0 spiro atoms. The molecule has 0 unspecified atom stereocenters. The average molecular weight is 370 g/mol. The molecule has 25 heavy (non-hydrogen) atoms. The maximum atomic E-state index is 11.9. The normalized spacial score (nSPS) is 9.76. The van der Waals surface area contributed by atoms with Crippen molar-refractivity contribution in [2.45, 2.75) is 20.8 Å². The smallest absolute Gasteiger partial charge is 0.347 e. The molecule has 1 aromatic rings. The van der Waals surface area contributed by atoms with E-state index in [9.17, 15) is 14.4 Å². The van der Waals surface area contributed by atoms with Crippen LogP contribution >= 0.6 is 11.6 Å². The van der Waals surface area contributed by atoms with Crippen LogP contribution < -0.4 is 5.32 Å². The molecule has 0 saturated carbocycles. The van der Waals surface area contributed by atoms with Gasteiger partial charge < -0.3 is 19.5 Å². The summed E-state index contributed by atoms with van der Waals surface area (Å²) in [5.74, 6) is -2.23. The lowest BCUT2D eigenvalue weighted by molar-refractivity contribution is -0.146. The molecule has 0 fully saturated rings. The van der Waals surface area contributed by atoms with Crippen molar-refractivity contribution in [2.75, 3.05) is 25.1 Å². The Bertz CT molecular complexity index is 651. The Hall–Kier alpha value is -2.54. The predicted octanol–water partition coefficient (Wildman–Crippen LogP) is 2.94. The van der Waals surface area contributed by atoms with Crippen molar-refractivity contribution in [1.82, 2.24) is 0 Å². The van der Waals surface area contributed by atoms with E-state index in [2.05, 4.69) is 5.32 Å². The molecule has 1 aromatic carbocycles. The van der Waals surface area contributed by atoms with Gasteiger partial charge in [0, 0.05) is 6.20 Å². The number of rotatable bonds is 8. The van der Waals surface area contributed by atoms with Crippen molar-refractivity contribution in [3.63, 3.8) is 0 Å². The van der Waals surface area contributed by atoms with E-state index in [1.807, 2.05) is 0 Å². The summed E-state index contributed by atoms with van der Waals surface area (Å²) in [4.78, 5) is 35.6. The third kappa shape index (κ3) is 5.79. The van der Waals surface area contributed by atoms with Crippen LogP contribution in [0.5, 0.6) is 0 Å². The van der Waals surface area contributed by atoms with Gasteiger partial charge in [0.2, 0.25) is 0 Å². The molecule has 8 heteroatoms. The fraction of sp³-hybridized carbons (Fsp3) is 0.353. The van der Waals surface area contributed by atoms with E-state index in [0.29, 0.717) is 5.69 Å². The first-order chi connectivity index (χ1) is 12.0. The first kappa shape index (κ1) is 20.5. The molecule has 0 bridgehead atoms. The lowest BCUT2D eigenvalue weighted by Gasteiger charge is -2.10. The van der Waals surface area contributed by atoms with Crippen LogP contribution in [0.1, 0.15) is 31.1 Å². The first-order valence-corrected chi connectivity index (χ1v) is 8.10. The predicted molar refractivity (Wildman–Crippen MR) is 92.4 cm³/mol. The summed E-state index contributed by atoms with van der Waals surface area (Å²) in [6, 6.07) is 4.67. The molecule has 0 atom stereocenters. The molecule has 0 heterocycles. The summed E-state index contributed by atoms with van der Waals surface area (Å²) in [7, 11) is 0. The standard InChI is InChI=1S/C17H20ClNO6/c1-4-23-15(20)11-8-7-9-13(14(11)18)19-10-12(16(21)24-5-2)17(22)25-6-3/h7-10,19H,4-6H2,1-3H3. The summed E-state index contributed by atoms with van der Waals surface area (Å²) in [5.41, 5.74) is 0.162. The monoisotopic (exact) mass is 369 g/mol. The van der Waals surface area contributed by atoms with Gasteiger partial charge in [0.25, 0.3) is 0 Å². The van der Waals surface area contributed by atoms with E-state index in [1.54, 1.807) is 32.9 Å². The number of anilines is 1. The fourth-order valence-corrected chi connectivity index (χ4v) is 2.04. The highest BCUT2D eigenvalue weighted by Gasteiger charge is 2.21. The average Bonchev–Trinajstić information content (AvgIpc) is 2.57. The van der Waals surface area contributed by atoms with Gasteiger partial charge in [-0.1, -0.05) is 17.7 Å². The molecule has 0 aliphatic heterocycles. The number of esters is 3. The molecular weight excluding hydrogens is 350 g/mol. The molecule has 1 rings (SSSR count). The number of hydrogen-bond acceptors (Lipinski definition) is 7. The summed E-state index contributed by atoms with van der Waals surface area (Å²) >= 11 is 6.18. The lowest BCUT2D eigenvalue weighted by atomic mass is 10.2. The molecule has 0 aliphatic rings. The van der Waals surface area contributed by atoms with Crippen molar-refractivity contribution >= 4 is 35.2 Å². The second-order valence-electron chi connectivity index (χ2n) is 4.53. The summed E-state index contributed by atoms with van der Waals surface area (Å²) in [6.07, 6.45) is 1.13. The molecule has 0 radical (unpaired) electrons. The fourth-order valence-electron chi connectivity index (χ4n) is 1.78. The van der Waals surface area contributed by atoms with Crippen LogP contribution in [0.25, 0.3) is 0 Å². The Balaban J connectivity index is 3.10. The van der Waals surface area contributed by atoms with E-state index in [0.717, 1.165) is 6.20 Å². The van der Waals surface area contributed by atoms with E-state index >= 15 is 0 Å². The van der Waals surface area contributed by atoms with Gasteiger partial charge in [-0.3, -0.25) is 0 Å². The van der Waals surface area contributed by atoms with Crippen LogP contribution in [0.2, 0.25) is 5.02 Å². The molecule has 0 amide bonds. The minimum absolute atomic E-state index is 0.101. The number of carbonyl (C=O) groups excluding carboxylic acids is 3. The highest BCUT2D eigenvalue weighted by molar-refractivity contribution is 6.36. The van der Waals surface area contributed by atoms with Gasteiger partial charge in [0.05, 0.1) is 36.1 Å². The zero-order chi connectivity index (χ0) is 18.8. The van der Waals surface area contributed by atoms with Gasteiger partial charge in [-0.25, -0.2) is 14.4 Å². The highest BCUT2D eigenvalue weighted by atomic mass is 35.5. The van der Waals surface area contributed by atoms with Gasteiger partial charge >= 0.3 is 17.9 Å². The summed E-state index contributed by atoms with van der Waals surface area (Å²) in [6.45, 7) is 5.34. The minimum Gasteiger partial charge on any atom is -0.462 e. The van der Waals surface area contributed by atoms with Crippen molar-refractivity contribution in [3.8, 4) is 0 Å². The molecule has 0 aromatic heterocycles. The third-order valence-corrected chi connectivity index (χ3v) is 3.26. The number of benzene rings is 1. The van der Waals surface area contributed by atoms with Crippen LogP contribution in [0.4, 0.5) is 5.69 Å². The SMILES string of the molecule is CCOC(=O)C(=CNc1cccc(C(=O)OCC)c1Cl)C(=O)OCC. The summed E-state index contributed by atoms with van der Waals surface area (Å²) in [5, 5.41) is 2.83. The molecule has 7 nitrogen and oxygen atoms in total. The number of nitrogens with one attached hydrogen (secondary N) is 1. The van der Waals surface area contributed by atoms with Crippen LogP contribution in [0.15, 0.2) is 30.0 Å². The van der Waals surface area contributed by atoms with E-state index in [1.165, 1.54) is 6.07 Å². The van der Waals surface area contributed by atoms with E-state index in [4.69, 9.17) is 25.8 Å². The third-order valence-electron chi connectivity index (χ3n) is 2.86. The van der Waals surface area contributed by atoms with Crippen LogP contribution in [-0.2, 0) is 23.8 Å². The Morgan fingerprint density at radius 2 is 1.56 bits per heavy atom. The highest BCUT2D eigenvalue weighted by Crippen LogP contribution is 2.27. The van der Waals surface area contributed by atoms with Gasteiger partial charge in [-0.05, 0) is 32.9 Å². The quantitative estimate of drug-likeness (QED) is 0.247. The molecular formula is C17H20ClNO6. The molecule has 0 saturated heterocycles. The van der Waals surface area contributed by atoms with Crippen molar-refractivity contribution in [3.05, 3.63) is 40.6 Å². The Kier molecular flexibility index (Phi) is 8.49. The second-order valence-corrected chi connectivity index (χ2v) is 4.91. The molecule has 136 valence electrons. The minimum atomic E-state index is -0.828. The first-order valence-electron chi connectivity index (χ1n) is 7.72. The van der Waals surface area contributed by atoms with Crippen molar-refractivity contribution in [1.29, 1.82) is 0 Å². The van der Waals surface area contributed by atoms with Crippen LogP contribution in [0, 0.1) is 0 Å². The molecule has 1 N–H and O–H groups in total. The van der Waals surface area contributed by atoms with Gasteiger partial charge in [0.15, 0.2) is 5.57 Å². The number of ether oxygens (including phenoxy) is 3. The summed E-state index contributed by atoms with van der Waals surface area (Å²) < 4.78 is 14.6. The van der Waals surface area contributed by atoms with Crippen LogP contribution in [0.3, 0.4) is 0 Å². The zero-order valence-electron chi connectivity index (χ0n) is 14.3. The maximum Gasteiger partial charge on any atom is 0.347 e. The van der Waals surface area contributed by atoms with Crippen molar-refractivity contribution < 1.29 is 28.6 Å². The zero-order valence-corrected chi connectivity index (χ0v) is 15.0. The number of carbonyl (C=O) groups is 3. The Morgan fingerprint density at radius 3 is 2.08 bits per heavy atom. The van der Waals surface area contributed by atoms with Gasteiger partial charge in [0.1, 0.15) is 0 Å². The van der Waals surface area contributed by atoms with E-state index < -0.39 is 17.9 Å². The van der Waals surface area contributed by atoms with Crippen LogP contribution in [-0.4, -0.2) is 37.7 Å². The Morgan fingerprint density at radius 1 is 1.00 bits per heavy atom. The maximum absolute atomic E-state index is 11.9. The topological polar surface area (TPSA) is 90.9 Å². The van der Waals surface area contributed by atoms with Gasteiger partial charge in [-0.2, -0.15) is 0 Å². The number of hydrogen-bond donors (Lipinski definition) is 1. The van der Waals surface area contributed by atoms with Crippen molar-refractivity contribution in [2.24, 2.45) is 0 Å². The largest absolute Gasteiger partial charge is 0.462 e. The van der Waals surface area contributed by atoms with E-state index in [-0.39, 0.29) is 36.0 Å². The molecule has 0 aliphatic carbocycles. The number of halogens is 1. The lowest BCUT2D eigenvalue weighted by Crippen LogP contribution is -2.19. The van der Waals surface area contributed by atoms with Gasteiger partial charge in [-0.15, -0.1) is 0 Å². The second kappa shape index (κ2) is 10.4. The Labute approximate surface area is 150 Å².